The lowest BCUT2D eigenvalue weighted by molar-refractivity contribution is 0.0403. The Hall–Kier alpha value is 0.01000. The molecule has 1 atom stereocenters. The van der Waals surface area contributed by atoms with Crippen LogP contribution in [0.4, 0.5) is 0 Å². The number of rotatable bonds is 6. The second-order valence-electron chi connectivity index (χ2n) is 4.40. The van der Waals surface area contributed by atoms with Gasteiger partial charge in [-0.3, -0.25) is 0 Å². The van der Waals surface area contributed by atoms with Crippen LogP contribution in [-0.4, -0.2) is 42.0 Å². The van der Waals surface area contributed by atoms with E-state index in [9.17, 15) is 0 Å². The molecule has 0 aliphatic carbocycles. The van der Waals surface area contributed by atoms with Crippen LogP contribution >= 0.6 is 34.8 Å². The third-order valence-electron chi connectivity index (χ3n) is 2.45. The van der Waals surface area contributed by atoms with Crippen molar-refractivity contribution >= 4 is 34.8 Å². The summed E-state index contributed by atoms with van der Waals surface area (Å²) in [6.07, 6.45) is 0.382. The molecule has 2 nitrogen and oxygen atoms in total. The minimum Gasteiger partial charge on any atom is -0.372 e. The van der Waals surface area contributed by atoms with Crippen LogP contribution in [0.3, 0.4) is 0 Å². The van der Waals surface area contributed by atoms with Gasteiger partial charge in [0.05, 0.1) is 6.61 Å². The van der Waals surface area contributed by atoms with Crippen molar-refractivity contribution in [3.8, 4) is 0 Å². The van der Waals surface area contributed by atoms with Gasteiger partial charge in [0.1, 0.15) is 6.10 Å². The highest BCUT2D eigenvalue weighted by molar-refractivity contribution is 6.68. The van der Waals surface area contributed by atoms with Gasteiger partial charge < -0.3 is 9.64 Å². The topological polar surface area (TPSA) is 12.5 Å². The van der Waals surface area contributed by atoms with Crippen molar-refractivity contribution in [2.75, 3.05) is 27.2 Å². The lowest BCUT2D eigenvalue weighted by Crippen LogP contribution is -2.38. The first-order valence-corrected chi connectivity index (χ1v) is 6.90. The van der Waals surface area contributed by atoms with Gasteiger partial charge in [-0.2, -0.15) is 0 Å². The minimum atomic E-state index is -1.40. The molecular formula is C13H18Cl3NO. The Balaban J connectivity index is 2.43. The molecular weight excluding hydrogens is 293 g/mol. The SMILES string of the molecule is CN(C)C[C@H](OCCc1ccccc1)C(Cl)(Cl)Cl. The van der Waals surface area contributed by atoms with Crippen molar-refractivity contribution < 1.29 is 4.74 Å². The van der Waals surface area contributed by atoms with Crippen molar-refractivity contribution in [1.82, 2.24) is 4.90 Å². The van der Waals surface area contributed by atoms with E-state index in [1.165, 1.54) is 5.56 Å². The van der Waals surface area contributed by atoms with Crippen LogP contribution in [-0.2, 0) is 11.2 Å². The highest BCUT2D eigenvalue weighted by Crippen LogP contribution is 2.32. The molecule has 0 amide bonds. The highest BCUT2D eigenvalue weighted by Gasteiger charge is 2.33. The first-order chi connectivity index (χ1) is 8.39. The number of halogens is 3. The largest absolute Gasteiger partial charge is 0.372 e. The Morgan fingerprint density at radius 3 is 2.28 bits per heavy atom. The molecule has 1 rings (SSSR count). The Kier molecular flexibility index (Phi) is 6.75. The second-order valence-corrected chi connectivity index (χ2v) is 6.77. The van der Waals surface area contributed by atoms with E-state index in [0.29, 0.717) is 13.2 Å². The van der Waals surface area contributed by atoms with Gasteiger partial charge in [-0.1, -0.05) is 65.1 Å². The third kappa shape index (κ3) is 6.26. The fourth-order valence-corrected chi connectivity index (χ4v) is 1.94. The van der Waals surface area contributed by atoms with Gasteiger partial charge >= 0.3 is 0 Å². The number of alkyl halides is 3. The zero-order chi connectivity index (χ0) is 13.6. The quantitative estimate of drug-likeness (QED) is 0.745. The van der Waals surface area contributed by atoms with E-state index < -0.39 is 9.90 Å². The summed E-state index contributed by atoms with van der Waals surface area (Å²) in [6, 6.07) is 10.1. The van der Waals surface area contributed by atoms with Gasteiger partial charge in [-0.25, -0.2) is 0 Å². The maximum atomic E-state index is 5.90. The summed E-state index contributed by atoms with van der Waals surface area (Å²) >= 11 is 17.7. The van der Waals surface area contributed by atoms with Crippen molar-refractivity contribution in [1.29, 1.82) is 0 Å². The summed E-state index contributed by atoms with van der Waals surface area (Å²) in [7, 11) is 3.84. The van der Waals surface area contributed by atoms with Crippen LogP contribution < -0.4 is 0 Å². The van der Waals surface area contributed by atoms with Gasteiger partial charge in [0.15, 0.2) is 0 Å². The van der Waals surface area contributed by atoms with Crippen LogP contribution in [0.25, 0.3) is 0 Å². The third-order valence-corrected chi connectivity index (χ3v) is 3.18. The maximum absolute atomic E-state index is 5.90. The lowest BCUT2D eigenvalue weighted by atomic mass is 10.2. The predicted octanol–water partition coefficient (Wildman–Crippen LogP) is 3.55. The molecule has 0 N–H and O–H groups in total. The summed E-state index contributed by atoms with van der Waals surface area (Å²) in [6.45, 7) is 1.11. The molecule has 18 heavy (non-hydrogen) atoms. The van der Waals surface area contributed by atoms with Crippen molar-refractivity contribution in [2.24, 2.45) is 0 Å². The monoisotopic (exact) mass is 309 g/mol. The molecule has 1 aromatic carbocycles. The first kappa shape index (κ1) is 16.1. The average molecular weight is 311 g/mol. The van der Waals surface area contributed by atoms with Crippen molar-refractivity contribution in [3.63, 3.8) is 0 Å². The van der Waals surface area contributed by atoms with E-state index in [1.54, 1.807) is 0 Å². The molecule has 0 radical (unpaired) electrons. The standard InChI is InChI=1S/C13H18Cl3NO/c1-17(2)10-12(13(14,15)16)18-9-8-11-6-4-3-5-7-11/h3-7,12H,8-10H2,1-2H3/t12-/m0/s1. The molecule has 0 unspecified atom stereocenters. The molecule has 0 aromatic heterocycles. The summed E-state index contributed by atoms with van der Waals surface area (Å²) in [5, 5.41) is 0. The van der Waals surface area contributed by atoms with E-state index >= 15 is 0 Å². The van der Waals surface area contributed by atoms with Gasteiger partial charge in [-0.15, -0.1) is 0 Å². The van der Waals surface area contributed by atoms with Crippen LogP contribution in [0.5, 0.6) is 0 Å². The summed E-state index contributed by atoms with van der Waals surface area (Å²) in [5.41, 5.74) is 1.21. The summed E-state index contributed by atoms with van der Waals surface area (Å²) in [4.78, 5) is 1.94. The Morgan fingerprint density at radius 1 is 1.17 bits per heavy atom. The Bertz CT molecular complexity index is 338. The normalized spacial score (nSPS) is 13.9. The lowest BCUT2D eigenvalue weighted by Gasteiger charge is -2.27. The molecule has 0 heterocycles. The van der Waals surface area contributed by atoms with Crippen molar-refractivity contribution in [3.05, 3.63) is 35.9 Å². The number of likely N-dealkylation sites (N-methyl/N-ethyl adjacent to an activating group) is 1. The van der Waals surface area contributed by atoms with E-state index in [1.807, 2.05) is 37.2 Å². The van der Waals surface area contributed by atoms with E-state index in [2.05, 4.69) is 12.1 Å². The summed E-state index contributed by atoms with van der Waals surface area (Å²) < 4.78 is 4.28. The Labute approximate surface area is 124 Å². The van der Waals surface area contributed by atoms with Gasteiger partial charge in [0.2, 0.25) is 3.79 Å². The van der Waals surface area contributed by atoms with Crippen molar-refractivity contribution in [2.45, 2.75) is 16.3 Å². The molecule has 1 aromatic rings. The number of ether oxygens (including phenoxy) is 1. The fraction of sp³-hybridized carbons (Fsp3) is 0.538. The second kappa shape index (κ2) is 7.56. The van der Waals surface area contributed by atoms with Crippen LogP contribution in [0.15, 0.2) is 30.3 Å². The molecule has 0 aliphatic rings. The van der Waals surface area contributed by atoms with E-state index in [0.717, 1.165) is 6.42 Å². The maximum Gasteiger partial charge on any atom is 0.217 e. The van der Waals surface area contributed by atoms with Gasteiger partial charge in [0.25, 0.3) is 0 Å². The molecule has 102 valence electrons. The zero-order valence-electron chi connectivity index (χ0n) is 10.6. The average Bonchev–Trinajstić information content (AvgIpc) is 2.27. The highest BCUT2D eigenvalue weighted by atomic mass is 35.6. The van der Waals surface area contributed by atoms with Gasteiger partial charge in [0, 0.05) is 6.54 Å². The van der Waals surface area contributed by atoms with Crippen LogP contribution in [0.2, 0.25) is 0 Å². The fourth-order valence-electron chi connectivity index (χ4n) is 1.55. The van der Waals surface area contributed by atoms with Crippen LogP contribution in [0.1, 0.15) is 5.56 Å². The smallest absolute Gasteiger partial charge is 0.217 e. The number of benzene rings is 1. The first-order valence-electron chi connectivity index (χ1n) is 5.76. The molecule has 0 bridgehead atoms. The number of hydrogen-bond acceptors (Lipinski definition) is 2. The number of hydrogen-bond donors (Lipinski definition) is 0. The molecule has 0 fully saturated rings. The summed E-state index contributed by atoms with van der Waals surface area (Å²) in [5.74, 6) is 0. The molecule has 5 heteroatoms. The van der Waals surface area contributed by atoms with Gasteiger partial charge in [-0.05, 0) is 26.1 Å². The minimum absolute atomic E-state index is 0.429. The van der Waals surface area contributed by atoms with E-state index in [-0.39, 0.29) is 0 Å². The Morgan fingerprint density at radius 2 is 1.78 bits per heavy atom. The molecule has 0 aliphatic heterocycles. The van der Waals surface area contributed by atoms with Crippen LogP contribution in [0, 0.1) is 0 Å². The van der Waals surface area contributed by atoms with E-state index in [4.69, 9.17) is 39.5 Å². The predicted molar refractivity (Wildman–Crippen MR) is 78.7 cm³/mol. The molecule has 0 saturated heterocycles. The number of nitrogens with zero attached hydrogens (tertiary/aromatic N) is 1. The molecule has 0 spiro atoms. The molecule has 0 saturated carbocycles. The zero-order valence-corrected chi connectivity index (χ0v) is 12.8.